The van der Waals surface area contributed by atoms with Crippen LogP contribution in [-0.2, 0) is 24.9 Å². The molecule has 0 bridgehead atoms. The Morgan fingerprint density at radius 3 is 2.91 bits per heavy atom. The second-order valence-electron chi connectivity index (χ2n) is 5.52. The van der Waals surface area contributed by atoms with E-state index in [1.54, 1.807) is 22.8 Å². The summed E-state index contributed by atoms with van der Waals surface area (Å²) in [6.45, 7) is 2.93. The van der Waals surface area contributed by atoms with Crippen LogP contribution in [0.2, 0.25) is 0 Å². The molecule has 0 aliphatic carbocycles. The van der Waals surface area contributed by atoms with Gasteiger partial charge in [-0.2, -0.15) is 10.2 Å². The van der Waals surface area contributed by atoms with Crippen LogP contribution in [0.15, 0.2) is 27.4 Å². The van der Waals surface area contributed by atoms with Gasteiger partial charge < -0.3 is 9.32 Å². The number of furan rings is 1. The minimum atomic E-state index is 0.0442. The van der Waals surface area contributed by atoms with E-state index < -0.39 is 0 Å². The lowest BCUT2D eigenvalue weighted by Crippen LogP contribution is -2.27. The number of aromatic nitrogens is 4. The SMILES string of the molecule is Cc1nn(C)c2cnn(CCC(=O)N(C)Cc3ccc(Br)o3)c12. The zero-order valence-electron chi connectivity index (χ0n) is 13.3. The molecule has 0 saturated heterocycles. The second kappa shape index (κ2) is 6.19. The molecule has 0 aliphatic rings. The number of nitrogens with zero attached hydrogens (tertiary/aromatic N) is 5. The molecule has 0 saturated carbocycles. The van der Waals surface area contributed by atoms with Crippen molar-refractivity contribution in [2.45, 2.75) is 26.4 Å². The summed E-state index contributed by atoms with van der Waals surface area (Å²) in [5, 5.41) is 8.73. The fourth-order valence-corrected chi connectivity index (χ4v) is 2.97. The van der Waals surface area contributed by atoms with Crippen molar-refractivity contribution in [3.63, 3.8) is 0 Å². The van der Waals surface area contributed by atoms with Gasteiger partial charge in [-0.1, -0.05) is 0 Å². The Hall–Kier alpha value is -2.09. The summed E-state index contributed by atoms with van der Waals surface area (Å²) >= 11 is 3.26. The molecule has 3 heterocycles. The summed E-state index contributed by atoms with van der Waals surface area (Å²) in [7, 11) is 3.66. The second-order valence-corrected chi connectivity index (χ2v) is 6.30. The van der Waals surface area contributed by atoms with Crippen LogP contribution in [0.5, 0.6) is 0 Å². The molecule has 0 radical (unpaired) electrons. The summed E-state index contributed by atoms with van der Waals surface area (Å²) in [6.07, 6.45) is 2.16. The summed E-state index contributed by atoms with van der Waals surface area (Å²) in [6, 6.07) is 3.67. The molecule has 3 aromatic heterocycles. The number of aryl methyl sites for hydroxylation is 3. The first-order chi connectivity index (χ1) is 11.0. The highest BCUT2D eigenvalue weighted by Crippen LogP contribution is 2.18. The normalized spacial score (nSPS) is 11.3. The molecule has 0 fully saturated rings. The molecular formula is C15H18BrN5O2. The van der Waals surface area contributed by atoms with Crippen molar-refractivity contribution < 1.29 is 9.21 Å². The minimum absolute atomic E-state index is 0.0442. The van der Waals surface area contributed by atoms with Gasteiger partial charge in [-0.15, -0.1) is 0 Å². The Balaban J connectivity index is 1.63. The van der Waals surface area contributed by atoms with E-state index in [1.807, 2.05) is 30.8 Å². The Bertz CT molecular complexity index is 847. The van der Waals surface area contributed by atoms with Gasteiger partial charge >= 0.3 is 0 Å². The molecule has 0 aromatic carbocycles. The van der Waals surface area contributed by atoms with Gasteiger partial charge in [0.1, 0.15) is 16.8 Å². The molecule has 1 amide bonds. The number of carbonyl (C=O) groups is 1. The smallest absolute Gasteiger partial charge is 0.224 e. The number of hydrogen-bond donors (Lipinski definition) is 0. The van der Waals surface area contributed by atoms with Gasteiger partial charge in [-0.3, -0.25) is 14.2 Å². The lowest BCUT2D eigenvalue weighted by atomic mass is 10.3. The van der Waals surface area contributed by atoms with Gasteiger partial charge in [0, 0.05) is 20.5 Å². The molecule has 0 N–H and O–H groups in total. The van der Waals surface area contributed by atoms with E-state index in [0.29, 0.717) is 24.2 Å². The molecule has 0 unspecified atom stereocenters. The topological polar surface area (TPSA) is 69.1 Å². The van der Waals surface area contributed by atoms with Crippen molar-refractivity contribution in [1.29, 1.82) is 0 Å². The third-order valence-corrected chi connectivity index (χ3v) is 4.22. The minimum Gasteiger partial charge on any atom is -0.452 e. The van der Waals surface area contributed by atoms with Crippen LogP contribution in [0.25, 0.3) is 11.0 Å². The van der Waals surface area contributed by atoms with E-state index in [-0.39, 0.29) is 5.91 Å². The van der Waals surface area contributed by atoms with Gasteiger partial charge in [0.05, 0.1) is 25.0 Å². The number of fused-ring (bicyclic) bond motifs is 1. The van der Waals surface area contributed by atoms with Crippen LogP contribution >= 0.6 is 15.9 Å². The number of carbonyl (C=O) groups excluding carboxylic acids is 1. The van der Waals surface area contributed by atoms with E-state index in [2.05, 4.69) is 26.1 Å². The van der Waals surface area contributed by atoms with Crippen LogP contribution in [0.4, 0.5) is 0 Å². The fourth-order valence-electron chi connectivity index (χ4n) is 2.63. The Morgan fingerprint density at radius 1 is 1.43 bits per heavy atom. The van der Waals surface area contributed by atoms with Crippen molar-refractivity contribution in [2.24, 2.45) is 7.05 Å². The van der Waals surface area contributed by atoms with Crippen LogP contribution < -0.4 is 0 Å². The maximum absolute atomic E-state index is 12.3. The molecule has 0 aliphatic heterocycles. The molecule has 122 valence electrons. The largest absolute Gasteiger partial charge is 0.452 e. The first kappa shape index (κ1) is 15.8. The van der Waals surface area contributed by atoms with E-state index >= 15 is 0 Å². The lowest BCUT2D eigenvalue weighted by molar-refractivity contribution is -0.130. The predicted molar refractivity (Wildman–Crippen MR) is 88.7 cm³/mol. The Labute approximate surface area is 142 Å². The number of amides is 1. The van der Waals surface area contributed by atoms with Gasteiger partial charge in [-0.25, -0.2) is 0 Å². The van der Waals surface area contributed by atoms with Gasteiger partial charge in [0.2, 0.25) is 5.91 Å². The zero-order valence-corrected chi connectivity index (χ0v) is 14.9. The standard InChI is InChI=1S/C15H18BrN5O2/c1-10-15-12(20(3)18-10)8-17-21(15)7-6-14(22)19(2)9-11-4-5-13(16)23-11/h4-5,8H,6-7,9H2,1-3H3. The third-order valence-electron chi connectivity index (χ3n) is 3.80. The molecule has 8 heteroatoms. The predicted octanol–water partition coefficient (Wildman–Crippen LogP) is 2.48. The summed E-state index contributed by atoms with van der Waals surface area (Å²) < 4.78 is 9.73. The highest BCUT2D eigenvalue weighted by Gasteiger charge is 2.15. The Morgan fingerprint density at radius 2 is 2.22 bits per heavy atom. The summed E-state index contributed by atoms with van der Waals surface area (Å²) in [5.41, 5.74) is 2.88. The average Bonchev–Trinajstić information content (AvgIpc) is 3.16. The first-order valence-corrected chi connectivity index (χ1v) is 8.08. The molecule has 7 nitrogen and oxygen atoms in total. The van der Waals surface area contributed by atoms with E-state index in [4.69, 9.17) is 4.42 Å². The number of rotatable bonds is 5. The molecule has 0 spiro atoms. The fraction of sp³-hybridized carbons (Fsp3) is 0.400. The van der Waals surface area contributed by atoms with E-state index in [0.717, 1.165) is 22.5 Å². The van der Waals surface area contributed by atoms with Crippen molar-refractivity contribution in [1.82, 2.24) is 24.5 Å². The van der Waals surface area contributed by atoms with Gasteiger partial charge in [0.15, 0.2) is 4.67 Å². The maximum atomic E-state index is 12.3. The third kappa shape index (κ3) is 3.17. The zero-order chi connectivity index (χ0) is 16.6. The lowest BCUT2D eigenvalue weighted by Gasteiger charge is -2.15. The number of halogens is 1. The summed E-state index contributed by atoms with van der Waals surface area (Å²) in [4.78, 5) is 13.9. The van der Waals surface area contributed by atoms with Crippen molar-refractivity contribution in [2.75, 3.05) is 7.05 Å². The molecule has 3 aromatic rings. The molecule has 23 heavy (non-hydrogen) atoms. The van der Waals surface area contributed by atoms with Crippen LogP contribution in [0.3, 0.4) is 0 Å². The highest BCUT2D eigenvalue weighted by atomic mass is 79.9. The first-order valence-electron chi connectivity index (χ1n) is 7.29. The summed E-state index contributed by atoms with van der Waals surface area (Å²) in [5.74, 6) is 0.792. The van der Waals surface area contributed by atoms with Gasteiger partial charge in [-0.05, 0) is 35.0 Å². The monoisotopic (exact) mass is 379 g/mol. The van der Waals surface area contributed by atoms with Crippen LogP contribution in [0.1, 0.15) is 17.9 Å². The molecule has 3 rings (SSSR count). The highest BCUT2D eigenvalue weighted by molar-refractivity contribution is 9.10. The quantitative estimate of drug-likeness (QED) is 0.682. The van der Waals surface area contributed by atoms with Crippen molar-refractivity contribution in [3.8, 4) is 0 Å². The van der Waals surface area contributed by atoms with Crippen LogP contribution in [-0.4, -0.2) is 37.4 Å². The molecule has 0 atom stereocenters. The van der Waals surface area contributed by atoms with E-state index in [1.165, 1.54) is 0 Å². The van der Waals surface area contributed by atoms with E-state index in [9.17, 15) is 4.79 Å². The van der Waals surface area contributed by atoms with Crippen LogP contribution in [0, 0.1) is 6.92 Å². The maximum Gasteiger partial charge on any atom is 0.224 e. The average molecular weight is 380 g/mol. The molecular weight excluding hydrogens is 362 g/mol. The van der Waals surface area contributed by atoms with Crippen molar-refractivity contribution in [3.05, 3.63) is 34.5 Å². The number of hydrogen-bond acceptors (Lipinski definition) is 4. The Kier molecular flexibility index (Phi) is 4.25. The van der Waals surface area contributed by atoms with Gasteiger partial charge in [0.25, 0.3) is 0 Å². The van der Waals surface area contributed by atoms with Crippen molar-refractivity contribution >= 4 is 32.9 Å².